The number of ether oxygens (including phenoxy) is 1. The Balaban J connectivity index is 2.03. The Morgan fingerprint density at radius 3 is 2.68 bits per heavy atom. The summed E-state index contributed by atoms with van der Waals surface area (Å²) in [7, 11) is 0. The number of piperidine rings is 1. The normalized spacial score (nSPS) is 16.7. The quantitative estimate of drug-likeness (QED) is 0.844. The summed E-state index contributed by atoms with van der Waals surface area (Å²) in [6.45, 7) is 3.61. The summed E-state index contributed by atoms with van der Waals surface area (Å²) in [5.74, 6) is -2.51. The second kappa shape index (κ2) is 6.10. The van der Waals surface area contributed by atoms with E-state index in [0.717, 1.165) is 18.9 Å². The average Bonchev–Trinajstić information content (AvgIpc) is 2.42. The van der Waals surface area contributed by atoms with Gasteiger partial charge in [0.15, 0.2) is 11.6 Å². The van der Waals surface area contributed by atoms with Crippen molar-refractivity contribution in [2.24, 2.45) is 0 Å². The molecule has 0 bridgehead atoms. The first kappa shape index (κ1) is 13.9. The molecule has 1 amide bonds. The van der Waals surface area contributed by atoms with Crippen LogP contribution in [0.25, 0.3) is 0 Å². The third-order valence-electron chi connectivity index (χ3n) is 3.31. The van der Waals surface area contributed by atoms with Gasteiger partial charge in [0.2, 0.25) is 0 Å². The second-order valence-electron chi connectivity index (χ2n) is 4.55. The molecule has 3 nitrogen and oxygen atoms in total. The van der Waals surface area contributed by atoms with Gasteiger partial charge in [-0.3, -0.25) is 4.79 Å². The highest BCUT2D eigenvalue weighted by molar-refractivity contribution is 5.94. The zero-order valence-electron chi connectivity index (χ0n) is 10.9. The van der Waals surface area contributed by atoms with Crippen LogP contribution in [-0.2, 0) is 4.74 Å². The van der Waals surface area contributed by atoms with Gasteiger partial charge in [-0.2, -0.15) is 0 Å². The van der Waals surface area contributed by atoms with E-state index in [2.05, 4.69) is 0 Å². The summed E-state index contributed by atoms with van der Waals surface area (Å²) in [5, 5.41) is 0. The van der Waals surface area contributed by atoms with Crippen molar-refractivity contribution in [1.29, 1.82) is 0 Å². The maximum absolute atomic E-state index is 13.6. The summed E-state index contributed by atoms with van der Waals surface area (Å²) < 4.78 is 32.1. The van der Waals surface area contributed by atoms with E-state index in [4.69, 9.17) is 4.74 Å². The summed E-state index contributed by atoms with van der Waals surface area (Å²) in [5.41, 5.74) is -0.199. The first-order valence-corrected chi connectivity index (χ1v) is 6.48. The molecule has 5 heteroatoms. The molecule has 0 radical (unpaired) electrons. The molecule has 1 heterocycles. The first-order valence-electron chi connectivity index (χ1n) is 6.48. The minimum absolute atomic E-state index is 0.159. The first-order chi connectivity index (χ1) is 9.13. The van der Waals surface area contributed by atoms with Gasteiger partial charge in [0, 0.05) is 19.7 Å². The minimum Gasteiger partial charge on any atom is -0.378 e. The third kappa shape index (κ3) is 3.10. The molecule has 1 aromatic rings. The fraction of sp³-hybridized carbons (Fsp3) is 0.500. The molecule has 2 rings (SSSR count). The molecule has 1 saturated heterocycles. The van der Waals surface area contributed by atoms with Gasteiger partial charge in [-0.1, -0.05) is 6.07 Å². The van der Waals surface area contributed by atoms with Gasteiger partial charge in [-0.25, -0.2) is 8.78 Å². The van der Waals surface area contributed by atoms with Crippen LogP contribution in [0, 0.1) is 11.6 Å². The Hall–Kier alpha value is -1.49. The van der Waals surface area contributed by atoms with Crippen molar-refractivity contribution >= 4 is 5.91 Å². The fourth-order valence-corrected chi connectivity index (χ4v) is 2.30. The second-order valence-corrected chi connectivity index (χ2v) is 4.55. The van der Waals surface area contributed by atoms with Crippen molar-refractivity contribution in [2.45, 2.75) is 25.9 Å². The Bertz CT molecular complexity index is 457. The molecule has 0 saturated carbocycles. The number of rotatable bonds is 3. The predicted molar refractivity (Wildman–Crippen MR) is 66.9 cm³/mol. The lowest BCUT2D eigenvalue weighted by Gasteiger charge is -2.31. The van der Waals surface area contributed by atoms with Crippen LogP contribution in [0.15, 0.2) is 18.2 Å². The summed E-state index contributed by atoms with van der Waals surface area (Å²) >= 11 is 0. The highest BCUT2D eigenvalue weighted by Gasteiger charge is 2.26. The summed E-state index contributed by atoms with van der Waals surface area (Å²) in [6, 6.07) is 3.67. The number of benzene rings is 1. The predicted octanol–water partition coefficient (Wildman–Crippen LogP) is 2.61. The number of carbonyl (C=O) groups excluding carboxylic acids is 1. The largest absolute Gasteiger partial charge is 0.378 e. The van der Waals surface area contributed by atoms with Crippen molar-refractivity contribution in [3.8, 4) is 0 Å². The van der Waals surface area contributed by atoms with E-state index in [-0.39, 0.29) is 11.7 Å². The van der Waals surface area contributed by atoms with Crippen LogP contribution >= 0.6 is 0 Å². The Labute approximate surface area is 111 Å². The molecule has 0 atom stereocenters. The van der Waals surface area contributed by atoms with Crippen molar-refractivity contribution < 1.29 is 18.3 Å². The van der Waals surface area contributed by atoms with E-state index in [9.17, 15) is 13.6 Å². The Morgan fingerprint density at radius 2 is 2.05 bits per heavy atom. The van der Waals surface area contributed by atoms with Crippen molar-refractivity contribution in [2.75, 3.05) is 19.7 Å². The van der Waals surface area contributed by atoms with Gasteiger partial charge in [-0.05, 0) is 31.9 Å². The smallest absolute Gasteiger partial charge is 0.256 e. The molecular weight excluding hydrogens is 252 g/mol. The number of likely N-dealkylation sites (tertiary alicyclic amines) is 1. The summed E-state index contributed by atoms with van der Waals surface area (Å²) in [4.78, 5) is 13.7. The zero-order chi connectivity index (χ0) is 13.8. The molecule has 0 aromatic heterocycles. The Kier molecular flexibility index (Phi) is 4.47. The molecule has 1 fully saturated rings. The van der Waals surface area contributed by atoms with Gasteiger partial charge >= 0.3 is 0 Å². The topological polar surface area (TPSA) is 29.5 Å². The van der Waals surface area contributed by atoms with Crippen LogP contribution in [0.1, 0.15) is 30.1 Å². The molecule has 104 valence electrons. The van der Waals surface area contributed by atoms with Gasteiger partial charge in [0.1, 0.15) is 0 Å². The lowest BCUT2D eigenvalue weighted by atomic mass is 10.1. The molecule has 1 aromatic carbocycles. The average molecular weight is 269 g/mol. The van der Waals surface area contributed by atoms with Crippen molar-refractivity contribution in [1.82, 2.24) is 4.90 Å². The highest BCUT2D eigenvalue weighted by atomic mass is 19.2. The van der Waals surface area contributed by atoms with Gasteiger partial charge in [-0.15, -0.1) is 0 Å². The molecule has 1 aliphatic heterocycles. The van der Waals surface area contributed by atoms with E-state index in [1.54, 1.807) is 4.90 Å². The number of amides is 1. The lowest BCUT2D eigenvalue weighted by molar-refractivity contribution is 0.0144. The zero-order valence-corrected chi connectivity index (χ0v) is 10.9. The van der Waals surface area contributed by atoms with Crippen molar-refractivity contribution in [3.05, 3.63) is 35.4 Å². The van der Waals surface area contributed by atoms with E-state index in [0.29, 0.717) is 19.7 Å². The third-order valence-corrected chi connectivity index (χ3v) is 3.31. The molecule has 1 aliphatic rings. The Morgan fingerprint density at radius 1 is 1.37 bits per heavy atom. The minimum atomic E-state index is -1.07. The number of hydrogen-bond donors (Lipinski definition) is 0. The highest BCUT2D eigenvalue weighted by Crippen LogP contribution is 2.18. The molecule has 0 aliphatic carbocycles. The molecular formula is C14H17F2NO2. The maximum atomic E-state index is 13.6. The van der Waals surface area contributed by atoms with Crippen LogP contribution in [0.2, 0.25) is 0 Å². The summed E-state index contributed by atoms with van der Waals surface area (Å²) in [6.07, 6.45) is 1.62. The van der Waals surface area contributed by atoms with E-state index in [1.807, 2.05) is 6.92 Å². The van der Waals surface area contributed by atoms with Crippen molar-refractivity contribution in [3.63, 3.8) is 0 Å². The van der Waals surface area contributed by atoms with Crippen LogP contribution in [0.4, 0.5) is 8.78 Å². The molecule has 0 spiro atoms. The van der Waals surface area contributed by atoms with E-state index >= 15 is 0 Å². The van der Waals surface area contributed by atoms with E-state index < -0.39 is 17.5 Å². The lowest BCUT2D eigenvalue weighted by Crippen LogP contribution is -2.41. The number of halogens is 2. The maximum Gasteiger partial charge on any atom is 0.256 e. The number of hydrogen-bond acceptors (Lipinski definition) is 2. The van der Waals surface area contributed by atoms with Gasteiger partial charge < -0.3 is 9.64 Å². The standard InChI is InChI=1S/C14H17F2NO2/c1-2-19-10-6-8-17(9-7-10)14(18)11-4-3-5-12(15)13(11)16/h3-5,10H,2,6-9H2,1H3. The number of carbonyl (C=O) groups is 1. The van der Waals surface area contributed by atoms with E-state index in [1.165, 1.54) is 12.1 Å². The van der Waals surface area contributed by atoms with Gasteiger partial charge in [0.05, 0.1) is 11.7 Å². The van der Waals surface area contributed by atoms with Crippen LogP contribution in [-0.4, -0.2) is 36.6 Å². The van der Waals surface area contributed by atoms with Crippen LogP contribution < -0.4 is 0 Å². The molecule has 0 N–H and O–H groups in total. The monoisotopic (exact) mass is 269 g/mol. The molecule has 0 unspecified atom stereocenters. The SMILES string of the molecule is CCOC1CCN(C(=O)c2cccc(F)c2F)CC1. The fourth-order valence-electron chi connectivity index (χ4n) is 2.30. The van der Waals surface area contributed by atoms with Crippen LogP contribution in [0.5, 0.6) is 0 Å². The molecule has 19 heavy (non-hydrogen) atoms. The van der Waals surface area contributed by atoms with Crippen LogP contribution in [0.3, 0.4) is 0 Å². The van der Waals surface area contributed by atoms with Gasteiger partial charge in [0.25, 0.3) is 5.91 Å². The number of nitrogens with zero attached hydrogens (tertiary/aromatic N) is 1.